The zero-order valence-electron chi connectivity index (χ0n) is 14.2. The van der Waals surface area contributed by atoms with Gasteiger partial charge < -0.3 is 9.73 Å². The molecule has 13 heteroatoms. The average molecular weight is 434 g/mol. The molecule has 0 radical (unpaired) electrons. The number of imide groups is 1. The second-order valence-corrected chi connectivity index (χ2v) is 9.48. The molecule has 0 aliphatic carbocycles. The summed E-state index contributed by atoms with van der Waals surface area (Å²) < 4.78 is 11.9. The van der Waals surface area contributed by atoms with E-state index in [1.165, 1.54) is 21.6 Å². The molecule has 3 N–H and O–H groups in total. The van der Waals surface area contributed by atoms with Gasteiger partial charge in [0.1, 0.15) is 5.03 Å². The van der Waals surface area contributed by atoms with Gasteiger partial charge in [-0.15, -0.1) is 5.06 Å². The van der Waals surface area contributed by atoms with E-state index >= 15 is 0 Å². The zero-order valence-corrected chi connectivity index (χ0v) is 16.7. The van der Waals surface area contributed by atoms with Crippen molar-refractivity contribution in [2.24, 2.45) is 0 Å². The average Bonchev–Trinajstić information content (AvgIpc) is 2.94. The first-order valence-corrected chi connectivity index (χ1v) is 12.0. The number of nitrogens with zero attached hydrogens (tertiary/aromatic N) is 2. The molecule has 0 bridgehead atoms. The van der Waals surface area contributed by atoms with Crippen molar-refractivity contribution < 1.29 is 28.7 Å². The highest BCUT2D eigenvalue weighted by Crippen LogP contribution is 2.31. The van der Waals surface area contributed by atoms with Gasteiger partial charge in [-0.3, -0.25) is 14.2 Å². The number of aromatic nitrogens is 1. The number of hydrogen-bond donors (Lipinski definition) is 3. The molecule has 148 valence electrons. The Morgan fingerprint density at radius 1 is 1.26 bits per heavy atom. The fourth-order valence-electron chi connectivity index (χ4n) is 1.91. The molecule has 1 aromatic rings. The molecule has 1 aromatic heterocycles. The van der Waals surface area contributed by atoms with Gasteiger partial charge in [0, 0.05) is 37.9 Å². The second-order valence-electron chi connectivity index (χ2n) is 5.26. The molecule has 1 fully saturated rings. The largest absolute Gasteiger partial charge is 0.338 e. The lowest BCUT2D eigenvalue weighted by Gasteiger charge is -2.15. The highest BCUT2D eigenvalue weighted by molar-refractivity contribution is 8.76. The van der Waals surface area contributed by atoms with E-state index in [1.54, 1.807) is 6.20 Å². The molecule has 2 rings (SSSR count). The number of rotatable bonds is 11. The Morgan fingerprint density at radius 3 is 2.63 bits per heavy atom. The number of hydroxylamine groups is 2. The molecule has 0 saturated carbocycles. The summed E-state index contributed by atoms with van der Waals surface area (Å²) >= 11 is 0. The van der Waals surface area contributed by atoms with Crippen molar-refractivity contribution in [2.45, 2.75) is 24.3 Å². The summed E-state index contributed by atoms with van der Waals surface area (Å²) in [6, 6.07) is 5.56. The normalized spacial score (nSPS) is 16.4. The van der Waals surface area contributed by atoms with Crippen LogP contribution in [0.3, 0.4) is 0 Å². The maximum atomic E-state index is 11.9. The summed E-state index contributed by atoms with van der Waals surface area (Å²) in [5.41, 5.74) is 0. The van der Waals surface area contributed by atoms with E-state index in [0.29, 0.717) is 10.8 Å². The number of carbonyl (C=O) groups is 3. The Balaban J connectivity index is 1.57. The quantitative estimate of drug-likeness (QED) is 0.200. The zero-order chi connectivity index (χ0) is 19.7. The smallest absolute Gasteiger partial charge is 0.330 e. The van der Waals surface area contributed by atoms with Crippen LogP contribution in [0, 0.1) is 0 Å². The molecular weight excluding hydrogens is 415 g/mol. The van der Waals surface area contributed by atoms with Crippen LogP contribution in [0.1, 0.15) is 19.3 Å². The molecule has 1 atom stereocenters. The predicted octanol–water partition coefficient (Wildman–Crippen LogP) is 1.10. The number of pyridine rings is 1. The van der Waals surface area contributed by atoms with Crippen molar-refractivity contribution in [3.05, 3.63) is 24.4 Å². The monoisotopic (exact) mass is 434 g/mol. The Hall–Kier alpha value is -1.43. The number of amides is 2. The fourth-order valence-corrected chi connectivity index (χ4v) is 4.79. The SMILES string of the molecule is O=C(CCNP(=O)(O)NCCSSc1ccccn1)ON1C(=O)CCC1=O. The van der Waals surface area contributed by atoms with Crippen molar-refractivity contribution in [3.63, 3.8) is 0 Å². The van der Waals surface area contributed by atoms with Crippen LogP contribution in [0.15, 0.2) is 29.4 Å². The third kappa shape index (κ3) is 7.99. The predicted molar refractivity (Wildman–Crippen MR) is 100 cm³/mol. The van der Waals surface area contributed by atoms with E-state index in [4.69, 9.17) is 0 Å². The van der Waals surface area contributed by atoms with Gasteiger partial charge in [-0.05, 0) is 22.9 Å². The van der Waals surface area contributed by atoms with Gasteiger partial charge in [-0.2, -0.15) is 0 Å². The van der Waals surface area contributed by atoms with E-state index in [9.17, 15) is 23.8 Å². The minimum absolute atomic E-state index is 0.0107. The standard InChI is InChI=1S/C14H19N4O6PS2/c19-12-4-5-13(20)18(12)24-14(21)6-8-16-25(22,23)17-9-10-26-27-11-3-1-2-7-15-11/h1-3,7H,4-6,8-10H2,(H3,16,17,22,23). The molecule has 1 aliphatic rings. The van der Waals surface area contributed by atoms with Crippen LogP contribution in [0.5, 0.6) is 0 Å². The fraction of sp³-hybridized carbons (Fsp3) is 0.429. The summed E-state index contributed by atoms with van der Waals surface area (Å²) in [6.07, 6.45) is 1.44. The van der Waals surface area contributed by atoms with Crippen molar-refractivity contribution >= 4 is 47.0 Å². The van der Waals surface area contributed by atoms with Crippen LogP contribution >= 0.6 is 29.3 Å². The van der Waals surface area contributed by atoms with Gasteiger partial charge >= 0.3 is 13.6 Å². The summed E-state index contributed by atoms with van der Waals surface area (Å²) in [6.45, 7) is 0.123. The minimum Gasteiger partial charge on any atom is -0.330 e. The van der Waals surface area contributed by atoms with Crippen LogP contribution in [-0.4, -0.2) is 51.6 Å². The first-order valence-electron chi connectivity index (χ1n) is 7.97. The lowest BCUT2D eigenvalue weighted by molar-refractivity contribution is -0.197. The van der Waals surface area contributed by atoms with Gasteiger partial charge in [0.05, 0.1) is 6.42 Å². The molecular formula is C14H19N4O6PS2. The molecule has 0 aromatic carbocycles. The Kier molecular flexibility index (Phi) is 8.74. The summed E-state index contributed by atoms with van der Waals surface area (Å²) in [7, 11) is -0.871. The van der Waals surface area contributed by atoms with Gasteiger partial charge in [0.25, 0.3) is 11.8 Å². The summed E-state index contributed by atoms with van der Waals surface area (Å²) in [5, 5.41) is 6.10. The molecule has 1 saturated heterocycles. The first-order chi connectivity index (χ1) is 12.9. The third-order valence-electron chi connectivity index (χ3n) is 3.15. The van der Waals surface area contributed by atoms with Crippen molar-refractivity contribution in [1.29, 1.82) is 0 Å². The van der Waals surface area contributed by atoms with E-state index in [2.05, 4.69) is 20.0 Å². The Labute approximate surface area is 163 Å². The first kappa shape index (κ1) is 21.9. The van der Waals surface area contributed by atoms with E-state index in [1.807, 2.05) is 18.2 Å². The van der Waals surface area contributed by atoms with Crippen LogP contribution in [0.25, 0.3) is 0 Å². The molecule has 2 amide bonds. The van der Waals surface area contributed by atoms with Gasteiger partial charge in [0.2, 0.25) is 0 Å². The highest BCUT2D eigenvalue weighted by Gasteiger charge is 2.32. The summed E-state index contributed by atoms with van der Waals surface area (Å²) in [5.74, 6) is -1.42. The molecule has 1 unspecified atom stereocenters. The van der Waals surface area contributed by atoms with Crippen molar-refractivity contribution in [3.8, 4) is 0 Å². The van der Waals surface area contributed by atoms with Crippen molar-refractivity contribution in [1.82, 2.24) is 20.2 Å². The van der Waals surface area contributed by atoms with Crippen LogP contribution in [0.4, 0.5) is 0 Å². The number of nitrogens with one attached hydrogen (secondary N) is 2. The number of carbonyl (C=O) groups excluding carboxylic acids is 3. The van der Waals surface area contributed by atoms with Gasteiger partial charge in [0.15, 0.2) is 0 Å². The lowest BCUT2D eigenvalue weighted by Crippen LogP contribution is -2.33. The van der Waals surface area contributed by atoms with Gasteiger partial charge in [-0.1, -0.05) is 16.9 Å². The van der Waals surface area contributed by atoms with Gasteiger partial charge in [-0.25, -0.2) is 20.0 Å². The topological polar surface area (TPSA) is 138 Å². The highest BCUT2D eigenvalue weighted by atomic mass is 33.1. The maximum Gasteiger partial charge on any atom is 0.338 e. The van der Waals surface area contributed by atoms with E-state index in [0.717, 1.165) is 5.03 Å². The van der Waals surface area contributed by atoms with Crippen LogP contribution < -0.4 is 10.2 Å². The molecule has 1 aliphatic heterocycles. The van der Waals surface area contributed by atoms with Crippen LogP contribution in [0.2, 0.25) is 0 Å². The van der Waals surface area contributed by atoms with E-state index < -0.39 is 25.5 Å². The summed E-state index contributed by atoms with van der Waals surface area (Å²) in [4.78, 5) is 52.8. The maximum absolute atomic E-state index is 11.9. The third-order valence-corrected chi connectivity index (χ3v) is 6.72. The Morgan fingerprint density at radius 2 is 1.96 bits per heavy atom. The van der Waals surface area contributed by atoms with E-state index in [-0.39, 0.29) is 32.4 Å². The molecule has 10 nitrogen and oxygen atoms in total. The minimum atomic E-state index is -3.81. The molecule has 0 spiro atoms. The number of hydrogen-bond acceptors (Lipinski definition) is 8. The Bertz CT molecular complexity index is 707. The van der Waals surface area contributed by atoms with Crippen molar-refractivity contribution in [2.75, 3.05) is 18.8 Å². The molecule has 27 heavy (non-hydrogen) atoms. The molecule has 2 heterocycles. The lowest BCUT2D eigenvalue weighted by atomic mass is 10.4. The second kappa shape index (κ2) is 10.8. The van der Waals surface area contributed by atoms with Crippen LogP contribution in [-0.2, 0) is 23.8 Å².